The molecule has 1 unspecified atom stereocenters. The van der Waals surface area contributed by atoms with Crippen LogP contribution in [-0.4, -0.2) is 22.1 Å². The highest BCUT2D eigenvalue weighted by Gasteiger charge is 2.06. The Balaban J connectivity index is 2.69. The normalized spacial score (nSPS) is 12.8. The Hall–Kier alpha value is -0.510. The van der Waals surface area contributed by atoms with E-state index in [9.17, 15) is 0 Å². The van der Waals surface area contributed by atoms with Gasteiger partial charge >= 0.3 is 0 Å². The van der Waals surface area contributed by atoms with E-state index in [1.54, 1.807) is 11.8 Å². The van der Waals surface area contributed by atoms with Gasteiger partial charge in [0.15, 0.2) is 0 Å². The van der Waals surface area contributed by atoms with Gasteiger partial charge in [0.2, 0.25) is 0 Å². The molecule has 2 N–H and O–H groups in total. The molecule has 0 saturated heterocycles. The molecule has 1 aromatic rings. The third-order valence-electron chi connectivity index (χ3n) is 2.29. The number of aliphatic hydroxyl groups is 2. The van der Waals surface area contributed by atoms with Crippen LogP contribution in [0.2, 0.25) is 0 Å². The van der Waals surface area contributed by atoms with Crippen molar-refractivity contribution in [2.75, 3.05) is 6.61 Å². The summed E-state index contributed by atoms with van der Waals surface area (Å²) in [5.74, 6) is 0. The Bertz CT molecular complexity index is 312. The second-order valence-corrected chi connectivity index (χ2v) is 5.18. The molecular weight excluding hydrogens is 208 g/mol. The molecule has 0 spiro atoms. The second kappa shape index (κ2) is 6.16. The zero-order valence-electron chi connectivity index (χ0n) is 9.23. The van der Waals surface area contributed by atoms with Crippen molar-refractivity contribution in [2.45, 2.75) is 37.0 Å². The Labute approximate surface area is 95.3 Å². The van der Waals surface area contributed by atoms with E-state index in [0.29, 0.717) is 5.25 Å². The summed E-state index contributed by atoms with van der Waals surface area (Å²) in [4.78, 5) is 1.23. The first-order chi connectivity index (χ1) is 7.17. The summed E-state index contributed by atoms with van der Waals surface area (Å²) in [6.07, 6.45) is 0.811. The molecule has 0 saturated carbocycles. The van der Waals surface area contributed by atoms with Crippen LogP contribution in [-0.2, 0) is 6.61 Å². The van der Waals surface area contributed by atoms with Gasteiger partial charge < -0.3 is 10.2 Å². The number of rotatable bonds is 5. The first kappa shape index (κ1) is 12.6. The molecule has 3 heteroatoms. The predicted octanol–water partition coefficient (Wildman–Crippen LogP) is 2.35. The second-order valence-electron chi connectivity index (χ2n) is 3.70. The molecule has 15 heavy (non-hydrogen) atoms. The van der Waals surface area contributed by atoms with Crippen molar-refractivity contribution in [3.63, 3.8) is 0 Å². The van der Waals surface area contributed by atoms with Crippen LogP contribution in [0.15, 0.2) is 23.1 Å². The maximum atomic E-state index is 8.98. The number of benzene rings is 1. The SMILES string of the molecule is Cc1cc(CO)ccc1SC(C)CCO. The molecular formula is C12H18O2S. The Kier molecular flexibility index (Phi) is 5.15. The van der Waals surface area contributed by atoms with Gasteiger partial charge in [-0.2, -0.15) is 0 Å². The van der Waals surface area contributed by atoms with Crippen molar-refractivity contribution in [1.29, 1.82) is 0 Å². The third kappa shape index (κ3) is 3.86. The highest BCUT2D eigenvalue weighted by molar-refractivity contribution is 8.00. The summed E-state index contributed by atoms with van der Waals surface area (Å²) in [7, 11) is 0. The monoisotopic (exact) mass is 226 g/mol. The van der Waals surface area contributed by atoms with Crippen molar-refractivity contribution in [3.8, 4) is 0 Å². The molecule has 2 nitrogen and oxygen atoms in total. The number of aliphatic hydroxyl groups excluding tert-OH is 2. The minimum Gasteiger partial charge on any atom is -0.396 e. The summed E-state index contributed by atoms with van der Waals surface area (Å²) in [6.45, 7) is 4.49. The lowest BCUT2D eigenvalue weighted by atomic mass is 10.1. The Morgan fingerprint density at radius 3 is 2.60 bits per heavy atom. The fraction of sp³-hybridized carbons (Fsp3) is 0.500. The van der Waals surface area contributed by atoms with E-state index in [1.807, 2.05) is 25.1 Å². The quantitative estimate of drug-likeness (QED) is 0.757. The van der Waals surface area contributed by atoms with Gasteiger partial charge in [-0.25, -0.2) is 0 Å². The first-order valence-electron chi connectivity index (χ1n) is 5.15. The van der Waals surface area contributed by atoms with Gasteiger partial charge in [0.05, 0.1) is 6.61 Å². The van der Waals surface area contributed by atoms with E-state index >= 15 is 0 Å². The van der Waals surface area contributed by atoms with Gasteiger partial charge in [0.1, 0.15) is 0 Å². The van der Waals surface area contributed by atoms with Crippen molar-refractivity contribution in [1.82, 2.24) is 0 Å². The fourth-order valence-corrected chi connectivity index (χ4v) is 2.45. The molecule has 1 aromatic carbocycles. The van der Waals surface area contributed by atoms with Gasteiger partial charge in [-0.15, -0.1) is 11.8 Å². The Morgan fingerprint density at radius 2 is 2.07 bits per heavy atom. The standard InChI is InChI=1S/C12H18O2S/c1-9-7-11(8-14)3-4-12(9)15-10(2)5-6-13/h3-4,7,10,13-14H,5-6,8H2,1-2H3. The Morgan fingerprint density at radius 1 is 1.33 bits per heavy atom. The molecule has 84 valence electrons. The third-order valence-corrected chi connectivity index (χ3v) is 3.64. The van der Waals surface area contributed by atoms with Gasteiger partial charge in [-0.1, -0.05) is 19.1 Å². The smallest absolute Gasteiger partial charge is 0.0681 e. The molecule has 0 bridgehead atoms. The lowest BCUT2D eigenvalue weighted by Gasteiger charge is -2.12. The molecule has 1 rings (SSSR count). The largest absolute Gasteiger partial charge is 0.396 e. The van der Waals surface area contributed by atoms with Gasteiger partial charge in [0, 0.05) is 16.8 Å². The minimum atomic E-state index is 0.0952. The summed E-state index contributed by atoms with van der Waals surface area (Å²) in [5.41, 5.74) is 2.14. The summed E-state index contributed by atoms with van der Waals surface area (Å²) in [6, 6.07) is 5.99. The van der Waals surface area contributed by atoms with Crippen molar-refractivity contribution in [3.05, 3.63) is 29.3 Å². The highest BCUT2D eigenvalue weighted by atomic mass is 32.2. The highest BCUT2D eigenvalue weighted by Crippen LogP contribution is 2.28. The summed E-state index contributed by atoms with van der Waals surface area (Å²) < 4.78 is 0. The average molecular weight is 226 g/mol. The van der Waals surface area contributed by atoms with E-state index in [4.69, 9.17) is 10.2 Å². The van der Waals surface area contributed by atoms with E-state index in [0.717, 1.165) is 12.0 Å². The van der Waals surface area contributed by atoms with E-state index < -0.39 is 0 Å². The number of hydrogen-bond donors (Lipinski definition) is 2. The number of aryl methyl sites for hydroxylation is 1. The minimum absolute atomic E-state index is 0.0952. The van der Waals surface area contributed by atoms with Crippen LogP contribution in [0.4, 0.5) is 0 Å². The summed E-state index contributed by atoms with van der Waals surface area (Å²) >= 11 is 1.77. The van der Waals surface area contributed by atoms with Gasteiger partial charge in [0.25, 0.3) is 0 Å². The van der Waals surface area contributed by atoms with Crippen LogP contribution in [0, 0.1) is 6.92 Å². The van der Waals surface area contributed by atoms with Crippen molar-refractivity contribution < 1.29 is 10.2 Å². The van der Waals surface area contributed by atoms with E-state index in [1.165, 1.54) is 10.5 Å². The van der Waals surface area contributed by atoms with Gasteiger partial charge in [-0.3, -0.25) is 0 Å². The maximum absolute atomic E-state index is 8.98. The molecule has 0 aliphatic rings. The van der Waals surface area contributed by atoms with Crippen molar-refractivity contribution >= 4 is 11.8 Å². The van der Waals surface area contributed by atoms with E-state index in [2.05, 4.69) is 6.92 Å². The topological polar surface area (TPSA) is 40.5 Å². The first-order valence-corrected chi connectivity index (χ1v) is 6.03. The van der Waals surface area contributed by atoms with Crippen LogP contribution >= 0.6 is 11.8 Å². The predicted molar refractivity (Wildman–Crippen MR) is 64.1 cm³/mol. The van der Waals surface area contributed by atoms with Crippen LogP contribution in [0.5, 0.6) is 0 Å². The molecule has 0 aromatic heterocycles. The lowest BCUT2D eigenvalue weighted by Crippen LogP contribution is -1.99. The van der Waals surface area contributed by atoms with Crippen LogP contribution in [0.3, 0.4) is 0 Å². The molecule has 0 amide bonds. The number of hydrogen-bond acceptors (Lipinski definition) is 3. The van der Waals surface area contributed by atoms with Crippen LogP contribution in [0.1, 0.15) is 24.5 Å². The number of thioether (sulfide) groups is 1. The van der Waals surface area contributed by atoms with Crippen LogP contribution in [0.25, 0.3) is 0 Å². The molecule has 0 fully saturated rings. The van der Waals surface area contributed by atoms with E-state index in [-0.39, 0.29) is 13.2 Å². The molecule has 0 radical (unpaired) electrons. The lowest BCUT2D eigenvalue weighted by molar-refractivity contribution is 0.281. The molecule has 0 aliphatic carbocycles. The zero-order chi connectivity index (χ0) is 11.3. The van der Waals surface area contributed by atoms with Gasteiger partial charge in [-0.05, 0) is 30.5 Å². The summed E-state index contributed by atoms with van der Waals surface area (Å²) in [5, 5.41) is 18.2. The average Bonchev–Trinajstić information content (AvgIpc) is 2.21. The van der Waals surface area contributed by atoms with Crippen LogP contribution < -0.4 is 0 Å². The maximum Gasteiger partial charge on any atom is 0.0681 e. The molecule has 1 atom stereocenters. The fourth-order valence-electron chi connectivity index (χ4n) is 1.40. The van der Waals surface area contributed by atoms with Crippen molar-refractivity contribution in [2.24, 2.45) is 0 Å². The zero-order valence-corrected chi connectivity index (χ0v) is 10.0. The molecule has 0 heterocycles. The molecule has 0 aliphatic heterocycles.